The molecule has 0 aliphatic heterocycles. The number of aromatic nitrogens is 1. The number of anilines is 1. The molecule has 0 radical (unpaired) electrons. The molecule has 1 heterocycles. The van der Waals surface area contributed by atoms with Gasteiger partial charge in [-0.1, -0.05) is 0 Å². The fourth-order valence-corrected chi connectivity index (χ4v) is 2.86. The van der Waals surface area contributed by atoms with Gasteiger partial charge in [-0.2, -0.15) is 4.79 Å². The van der Waals surface area contributed by atoms with Crippen LogP contribution in [0.25, 0.3) is 16.4 Å². The van der Waals surface area contributed by atoms with Gasteiger partial charge in [0, 0.05) is 49.7 Å². The Balaban J connectivity index is 2.06. The van der Waals surface area contributed by atoms with Gasteiger partial charge < -0.3 is 30.9 Å². The second-order valence-corrected chi connectivity index (χ2v) is 6.81. The number of rotatable bonds is 10. The molecule has 2 aromatic rings. The molecule has 29 heavy (non-hydrogen) atoms. The van der Waals surface area contributed by atoms with Crippen molar-refractivity contribution in [1.29, 1.82) is 0 Å². The molecule has 0 fully saturated rings. The molecular weight excluding hydrogens is 378 g/mol. The number of fused-ring (bicyclic) bond motifs is 1. The first kappa shape index (κ1) is 21.8. The van der Waals surface area contributed by atoms with Gasteiger partial charge in [0.2, 0.25) is 11.7 Å². The molecule has 1 aromatic heterocycles. The maximum atomic E-state index is 12.3. The van der Waals surface area contributed by atoms with Crippen molar-refractivity contribution in [2.75, 3.05) is 19.0 Å². The van der Waals surface area contributed by atoms with Crippen molar-refractivity contribution in [2.24, 2.45) is 0 Å². The van der Waals surface area contributed by atoms with Crippen LogP contribution in [0.4, 0.5) is 5.69 Å². The largest absolute Gasteiger partial charge is 0.480 e. The first-order valence-corrected chi connectivity index (χ1v) is 8.91. The number of ketones is 1. The molecule has 2 rings (SSSR count). The molecule has 1 aromatic carbocycles. The van der Waals surface area contributed by atoms with Crippen molar-refractivity contribution in [3.63, 3.8) is 0 Å². The number of benzene rings is 1. The molecule has 0 bridgehead atoms. The Morgan fingerprint density at radius 3 is 2.69 bits per heavy atom. The van der Waals surface area contributed by atoms with E-state index in [1.165, 1.54) is 0 Å². The zero-order chi connectivity index (χ0) is 21.6. The van der Waals surface area contributed by atoms with Crippen LogP contribution in [0.1, 0.15) is 18.4 Å². The van der Waals surface area contributed by atoms with Gasteiger partial charge in [-0.05, 0) is 30.2 Å². The fourth-order valence-electron chi connectivity index (χ4n) is 2.86. The number of nitrogens with one attached hydrogen (secondary N) is 2. The number of aromatic amines is 1. The van der Waals surface area contributed by atoms with Crippen LogP contribution in [0.2, 0.25) is 0 Å². The summed E-state index contributed by atoms with van der Waals surface area (Å²) in [6.45, 7) is 0. The second-order valence-electron chi connectivity index (χ2n) is 6.81. The number of carboxylic acids is 1. The standard InChI is InChI=1S/C19H23N5O5/c1-24(2)12-3-5-15-14(8-12)11(9-21-15)7-17(26)18(27)23-16(19(28)29)6-4-13(25)10-22-20/h3,5,8-10,16-17,21,26H,4,6-7H2,1-2H3,(H,23,27)(H,28,29). The molecule has 2 unspecified atom stereocenters. The summed E-state index contributed by atoms with van der Waals surface area (Å²) in [6, 6.07) is 4.41. The van der Waals surface area contributed by atoms with E-state index in [4.69, 9.17) is 5.53 Å². The van der Waals surface area contributed by atoms with Crippen LogP contribution in [0.3, 0.4) is 0 Å². The van der Waals surface area contributed by atoms with Crippen molar-refractivity contribution in [3.8, 4) is 0 Å². The maximum Gasteiger partial charge on any atom is 0.326 e. The molecule has 0 aliphatic carbocycles. The lowest BCUT2D eigenvalue weighted by Crippen LogP contribution is -2.46. The summed E-state index contributed by atoms with van der Waals surface area (Å²) in [5, 5.41) is 22.6. The predicted octanol–water partition coefficient (Wildman–Crippen LogP) is 0.357. The summed E-state index contributed by atoms with van der Waals surface area (Å²) in [4.78, 5) is 42.5. The number of carbonyl (C=O) groups is 3. The second kappa shape index (κ2) is 9.63. The van der Waals surface area contributed by atoms with Crippen LogP contribution in [-0.4, -0.2) is 70.1 Å². The normalized spacial score (nSPS) is 12.7. The fraction of sp³-hybridized carbons (Fsp3) is 0.368. The van der Waals surface area contributed by atoms with E-state index in [0.717, 1.165) is 16.6 Å². The minimum absolute atomic E-state index is 0.00877. The summed E-state index contributed by atoms with van der Waals surface area (Å²) in [5.74, 6) is -2.76. The minimum Gasteiger partial charge on any atom is -0.480 e. The van der Waals surface area contributed by atoms with Crippen molar-refractivity contribution in [2.45, 2.75) is 31.4 Å². The molecule has 0 spiro atoms. The maximum absolute atomic E-state index is 12.3. The first-order chi connectivity index (χ1) is 13.7. The SMILES string of the molecule is CN(C)c1ccc2[nH]cc(CC(O)C(=O)NC(CCC(=O)C=[N+]=[N-])C(=O)O)c2c1. The number of H-pyrrole nitrogens is 1. The topological polar surface area (TPSA) is 159 Å². The number of hydrogen-bond donors (Lipinski definition) is 4. The highest BCUT2D eigenvalue weighted by atomic mass is 16.4. The minimum atomic E-state index is -1.46. The number of aliphatic hydroxyl groups excluding tert-OH is 1. The molecule has 0 saturated heterocycles. The third-order valence-electron chi connectivity index (χ3n) is 4.48. The smallest absolute Gasteiger partial charge is 0.326 e. The van der Waals surface area contributed by atoms with Crippen LogP contribution >= 0.6 is 0 Å². The molecule has 0 aliphatic rings. The third kappa shape index (κ3) is 5.74. The number of carbonyl (C=O) groups excluding carboxylic acids is 2. The summed E-state index contributed by atoms with van der Waals surface area (Å²) in [6.07, 6.45) is 0.459. The van der Waals surface area contributed by atoms with E-state index >= 15 is 0 Å². The quantitative estimate of drug-likeness (QED) is 0.255. The number of carboxylic acid groups (broad SMARTS) is 1. The summed E-state index contributed by atoms with van der Waals surface area (Å²) in [7, 11) is 3.80. The summed E-state index contributed by atoms with van der Waals surface area (Å²) in [5.41, 5.74) is 10.8. The average molecular weight is 401 g/mol. The van der Waals surface area contributed by atoms with Gasteiger partial charge in [-0.3, -0.25) is 9.59 Å². The predicted molar refractivity (Wildman–Crippen MR) is 106 cm³/mol. The van der Waals surface area contributed by atoms with E-state index in [1.54, 1.807) is 6.20 Å². The van der Waals surface area contributed by atoms with Crippen LogP contribution in [0.15, 0.2) is 24.4 Å². The van der Waals surface area contributed by atoms with Crippen LogP contribution in [0, 0.1) is 0 Å². The zero-order valence-electron chi connectivity index (χ0n) is 16.1. The van der Waals surface area contributed by atoms with E-state index in [1.807, 2.05) is 37.2 Å². The van der Waals surface area contributed by atoms with Crippen molar-refractivity contribution >= 4 is 40.5 Å². The lowest BCUT2D eigenvalue weighted by atomic mass is 10.0. The molecule has 2 atom stereocenters. The van der Waals surface area contributed by atoms with Gasteiger partial charge in [0.05, 0.1) is 0 Å². The van der Waals surface area contributed by atoms with Crippen molar-refractivity contribution in [1.82, 2.24) is 10.3 Å². The molecule has 10 nitrogen and oxygen atoms in total. The molecule has 154 valence electrons. The monoisotopic (exact) mass is 401 g/mol. The Morgan fingerprint density at radius 2 is 2.07 bits per heavy atom. The van der Waals surface area contributed by atoms with Crippen molar-refractivity contribution < 1.29 is 29.4 Å². The number of amides is 1. The van der Waals surface area contributed by atoms with Crippen LogP contribution < -0.4 is 10.2 Å². The van der Waals surface area contributed by atoms with Gasteiger partial charge >= 0.3 is 12.2 Å². The number of hydrogen-bond acceptors (Lipinski definition) is 5. The number of aliphatic hydroxyl groups is 1. The number of Topliss-reactive ketones (excluding diaryl/α,β-unsaturated/α-hetero) is 1. The highest BCUT2D eigenvalue weighted by Crippen LogP contribution is 2.24. The summed E-state index contributed by atoms with van der Waals surface area (Å²) < 4.78 is 0. The lowest BCUT2D eigenvalue weighted by molar-refractivity contribution is -0.143. The summed E-state index contributed by atoms with van der Waals surface area (Å²) >= 11 is 0. The number of aliphatic carboxylic acids is 1. The Morgan fingerprint density at radius 1 is 1.34 bits per heavy atom. The molecular formula is C19H23N5O5. The average Bonchev–Trinajstić information content (AvgIpc) is 3.06. The molecule has 4 N–H and O–H groups in total. The van der Waals surface area contributed by atoms with E-state index in [0.29, 0.717) is 11.8 Å². The van der Waals surface area contributed by atoms with Crippen LogP contribution in [-0.2, 0) is 20.8 Å². The molecule has 1 amide bonds. The molecule has 0 saturated carbocycles. The Bertz CT molecular complexity index is 961. The van der Waals surface area contributed by atoms with E-state index in [2.05, 4.69) is 15.1 Å². The van der Waals surface area contributed by atoms with Gasteiger partial charge in [-0.25, -0.2) is 4.79 Å². The highest BCUT2D eigenvalue weighted by molar-refractivity contribution is 6.25. The van der Waals surface area contributed by atoms with E-state index in [9.17, 15) is 24.6 Å². The van der Waals surface area contributed by atoms with Gasteiger partial charge in [-0.15, -0.1) is 0 Å². The zero-order valence-corrected chi connectivity index (χ0v) is 16.1. The van der Waals surface area contributed by atoms with E-state index in [-0.39, 0.29) is 19.3 Å². The van der Waals surface area contributed by atoms with Gasteiger partial charge in [0.1, 0.15) is 12.1 Å². The highest BCUT2D eigenvalue weighted by Gasteiger charge is 2.25. The lowest BCUT2D eigenvalue weighted by Gasteiger charge is -2.17. The number of nitrogens with zero attached hydrogens (tertiary/aromatic N) is 3. The Labute approximate surface area is 166 Å². The Hall–Kier alpha value is -3.49. The third-order valence-corrected chi connectivity index (χ3v) is 4.48. The molecule has 10 heteroatoms. The van der Waals surface area contributed by atoms with E-state index < -0.39 is 29.8 Å². The van der Waals surface area contributed by atoms with Crippen LogP contribution in [0.5, 0.6) is 0 Å². The van der Waals surface area contributed by atoms with Gasteiger partial charge in [0.25, 0.3) is 0 Å². The van der Waals surface area contributed by atoms with Gasteiger partial charge in [0.15, 0.2) is 0 Å². The van der Waals surface area contributed by atoms with Crippen molar-refractivity contribution in [3.05, 3.63) is 35.5 Å². The first-order valence-electron chi connectivity index (χ1n) is 8.91. The Kier molecular flexibility index (Phi) is 7.24.